The van der Waals surface area contributed by atoms with E-state index in [0.717, 1.165) is 26.1 Å². The van der Waals surface area contributed by atoms with Crippen LogP contribution in [0.5, 0.6) is 0 Å². The van der Waals surface area contributed by atoms with Crippen molar-refractivity contribution in [1.82, 2.24) is 10.6 Å². The van der Waals surface area contributed by atoms with Gasteiger partial charge in [0.1, 0.15) is 0 Å². The molecule has 0 saturated heterocycles. The van der Waals surface area contributed by atoms with E-state index in [9.17, 15) is 5.11 Å². The van der Waals surface area contributed by atoms with Crippen LogP contribution in [0.3, 0.4) is 0 Å². The van der Waals surface area contributed by atoms with Crippen molar-refractivity contribution in [1.29, 1.82) is 0 Å². The normalized spacial score (nSPS) is 12.2. The Hall–Kier alpha value is 0.460. The lowest BCUT2D eigenvalue weighted by Crippen LogP contribution is -2.32. The Bertz CT molecular complexity index is 146. The Kier molecular flexibility index (Phi) is 19.3. The maximum Gasteiger partial charge on any atom is 0.0676 e. The highest BCUT2D eigenvalue weighted by atomic mass is 35.5. The van der Waals surface area contributed by atoms with Crippen LogP contribution in [0.1, 0.15) is 34.1 Å². The summed E-state index contributed by atoms with van der Waals surface area (Å²) < 4.78 is 0. The third-order valence-corrected chi connectivity index (χ3v) is 2.14. The van der Waals surface area contributed by atoms with Gasteiger partial charge in [0, 0.05) is 6.54 Å². The van der Waals surface area contributed by atoms with Crippen LogP contribution >= 0.6 is 24.8 Å². The lowest BCUT2D eigenvalue weighted by molar-refractivity contribution is 0.160. The van der Waals surface area contributed by atoms with Crippen LogP contribution in [0.15, 0.2) is 0 Å². The van der Waals surface area contributed by atoms with E-state index < -0.39 is 0 Å². The zero-order valence-electron chi connectivity index (χ0n) is 11.5. The SMILES string of the molecule is CC(C)CNCCC(O)CNCC(C)C.Cl.Cl. The molecule has 0 radical (unpaired) electrons. The molecule has 0 spiro atoms. The van der Waals surface area contributed by atoms with E-state index in [-0.39, 0.29) is 30.9 Å². The lowest BCUT2D eigenvalue weighted by Gasteiger charge is -2.14. The molecule has 0 aliphatic carbocycles. The van der Waals surface area contributed by atoms with Gasteiger partial charge >= 0.3 is 0 Å². The first-order chi connectivity index (χ1) is 7.02. The van der Waals surface area contributed by atoms with Crippen molar-refractivity contribution in [2.24, 2.45) is 11.8 Å². The maximum absolute atomic E-state index is 9.62. The summed E-state index contributed by atoms with van der Waals surface area (Å²) in [4.78, 5) is 0. The molecular weight excluding hydrogens is 259 g/mol. The number of hydrogen-bond donors (Lipinski definition) is 3. The van der Waals surface area contributed by atoms with Gasteiger partial charge in [0.25, 0.3) is 0 Å². The third-order valence-electron chi connectivity index (χ3n) is 2.14. The van der Waals surface area contributed by atoms with Crippen molar-refractivity contribution in [2.45, 2.75) is 40.2 Å². The molecular formula is C12H30Cl2N2O. The van der Waals surface area contributed by atoms with Gasteiger partial charge in [-0.25, -0.2) is 0 Å². The highest BCUT2D eigenvalue weighted by Gasteiger charge is 2.03. The minimum atomic E-state index is -0.219. The van der Waals surface area contributed by atoms with Crippen LogP contribution in [0.25, 0.3) is 0 Å². The number of nitrogens with one attached hydrogen (secondary N) is 2. The molecule has 3 N–H and O–H groups in total. The second-order valence-electron chi connectivity index (χ2n) is 5.09. The molecule has 0 aromatic heterocycles. The Morgan fingerprint density at radius 1 is 0.824 bits per heavy atom. The van der Waals surface area contributed by atoms with Crippen molar-refractivity contribution >= 4 is 24.8 Å². The van der Waals surface area contributed by atoms with Crippen LogP contribution in [0.4, 0.5) is 0 Å². The molecule has 1 unspecified atom stereocenters. The van der Waals surface area contributed by atoms with Crippen LogP contribution in [0, 0.1) is 11.8 Å². The predicted molar refractivity (Wildman–Crippen MR) is 80.5 cm³/mol. The highest BCUT2D eigenvalue weighted by molar-refractivity contribution is 5.85. The van der Waals surface area contributed by atoms with E-state index in [1.165, 1.54) is 0 Å². The first kappa shape index (κ1) is 22.6. The molecule has 5 heteroatoms. The molecule has 0 aromatic rings. The molecule has 0 aliphatic heterocycles. The Morgan fingerprint density at radius 3 is 1.76 bits per heavy atom. The zero-order valence-corrected chi connectivity index (χ0v) is 13.2. The molecule has 0 saturated carbocycles. The van der Waals surface area contributed by atoms with Crippen LogP contribution in [0.2, 0.25) is 0 Å². The minimum absolute atomic E-state index is 0. The first-order valence-electron chi connectivity index (χ1n) is 6.11. The molecule has 0 heterocycles. The molecule has 0 bridgehead atoms. The molecule has 1 atom stereocenters. The summed E-state index contributed by atoms with van der Waals surface area (Å²) in [7, 11) is 0. The van der Waals surface area contributed by atoms with Crippen molar-refractivity contribution < 1.29 is 5.11 Å². The fourth-order valence-corrected chi connectivity index (χ4v) is 1.30. The quantitative estimate of drug-likeness (QED) is 0.569. The Balaban J connectivity index is -0.000000980. The summed E-state index contributed by atoms with van der Waals surface area (Å²) in [5, 5.41) is 16.2. The van der Waals surface area contributed by atoms with Gasteiger partial charge in [-0.15, -0.1) is 24.8 Å². The van der Waals surface area contributed by atoms with Gasteiger partial charge < -0.3 is 15.7 Å². The summed E-state index contributed by atoms with van der Waals surface area (Å²) in [6, 6.07) is 0. The van der Waals surface area contributed by atoms with Gasteiger partial charge in [-0.05, 0) is 37.9 Å². The molecule has 0 aliphatic rings. The molecule has 0 fully saturated rings. The van der Waals surface area contributed by atoms with Gasteiger partial charge in [0.05, 0.1) is 6.10 Å². The smallest absolute Gasteiger partial charge is 0.0676 e. The highest BCUT2D eigenvalue weighted by Crippen LogP contribution is 1.92. The molecule has 17 heavy (non-hydrogen) atoms. The second-order valence-corrected chi connectivity index (χ2v) is 5.09. The van der Waals surface area contributed by atoms with E-state index in [2.05, 4.69) is 38.3 Å². The number of rotatable bonds is 9. The van der Waals surface area contributed by atoms with Gasteiger partial charge in [0.15, 0.2) is 0 Å². The van der Waals surface area contributed by atoms with E-state index >= 15 is 0 Å². The Morgan fingerprint density at radius 2 is 1.29 bits per heavy atom. The summed E-state index contributed by atoms with van der Waals surface area (Å²) in [5.74, 6) is 1.33. The van der Waals surface area contributed by atoms with Gasteiger partial charge in [-0.2, -0.15) is 0 Å². The Labute approximate surface area is 119 Å². The summed E-state index contributed by atoms with van der Waals surface area (Å²) in [5.41, 5.74) is 0. The fraction of sp³-hybridized carbons (Fsp3) is 1.00. The number of aliphatic hydroxyl groups excluding tert-OH is 1. The van der Waals surface area contributed by atoms with Crippen molar-refractivity contribution in [3.8, 4) is 0 Å². The van der Waals surface area contributed by atoms with Crippen molar-refractivity contribution in [3.63, 3.8) is 0 Å². The van der Waals surface area contributed by atoms with E-state index in [1.807, 2.05) is 0 Å². The largest absolute Gasteiger partial charge is 0.392 e. The molecule has 3 nitrogen and oxygen atoms in total. The monoisotopic (exact) mass is 288 g/mol. The van der Waals surface area contributed by atoms with Gasteiger partial charge in [-0.1, -0.05) is 27.7 Å². The van der Waals surface area contributed by atoms with Crippen LogP contribution in [-0.4, -0.2) is 37.4 Å². The first-order valence-corrected chi connectivity index (χ1v) is 6.11. The van der Waals surface area contributed by atoms with Gasteiger partial charge in [0.2, 0.25) is 0 Å². The zero-order chi connectivity index (χ0) is 11.7. The average molecular weight is 289 g/mol. The number of aliphatic hydroxyl groups is 1. The summed E-state index contributed by atoms with van der Waals surface area (Å²) in [6.45, 7) is 12.3. The average Bonchev–Trinajstić information content (AvgIpc) is 2.11. The fourth-order valence-electron chi connectivity index (χ4n) is 1.30. The van der Waals surface area contributed by atoms with Gasteiger partial charge in [-0.3, -0.25) is 0 Å². The molecule has 0 amide bonds. The second kappa shape index (κ2) is 14.5. The van der Waals surface area contributed by atoms with Crippen molar-refractivity contribution in [3.05, 3.63) is 0 Å². The summed E-state index contributed by atoms with van der Waals surface area (Å²) >= 11 is 0. The van der Waals surface area contributed by atoms with Crippen LogP contribution < -0.4 is 10.6 Å². The number of hydrogen-bond acceptors (Lipinski definition) is 3. The molecule has 108 valence electrons. The predicted octanol–water partition coefficient (Wildman–Crippen LogP) is 2.07. The topological polar surface area (TPSA) is 44.3 Å². The summed E-state index contributed by atoms with van der Waals surface area (Å²) in [6.07, 6.45) is 0.612. The maximum atomic E-state index is 9.62. The van der Waals surface area contributed by atoms with E-state index in [0.29, 0.717) is 18.4 Å². The standard InChI is InChI=1S/C12H28N2O.2ClH/c1-10(2)7-13-6-5-12(15)9-14-8-11(3)4;;/h10-15H,5-9H2,1-4H3;2*1H. The van der Waals surface area contributed by atoms with E-state index in [4.69, 9.17) is 0 Å². The molecule has 0 aromatic carbocycles. The van der Waals surface area contributed by atoms with E-state index in [1.54, 1.807) is 0 Å². The van der Waals surface area contributed by atoms with Crippen molar-refractivity contribution in [2.75, 3.05) is 26.2 Å². The van der Waals surface area contributed by atoms with Crippen LogP contribution in [-0.2, 0) is 0 Å². The number of halogens is 2. The molecule has 0 rings (SSSR count). The lowest BCUT2D eigenvalue weighted by atomic mass is 10.2. The third kappa shape index (κ3) is 19.0. The minimum Gasteiger partial charge on any atom is -0.392 e.